The molecular formula is C12H11N5S. The summed E-state index contributed by atoms with van der Waals surface area (Å²) in [7, 11) is 0. The van der Waals surface area contributed by atoms with Crippen LogP contribution in [0.3, 0.4) is 0 Å². The standard InChI is InChI=1S/C12H11N5S/c1-7-6-18-12(14-7)17-11-10(13)15-8-4-2-3-5-9(8)16-11/h2-6H,1H3,(H2,13,15)(H,14,16,17). The summed E-state index contributed by atoms with van der Waals surface area (Å²) in [6.45, 7) is 1.94. The van der Waals surface area contributed by atoms with Crippen molar-refractivity contribution in [3.63, 3.8) is 0 Å². The number of nitrogens with zero attached hydrogens (tertiary/aromatic N) is 3. The predicted molar refractivity (Wildman–Crippen MR) is 74.1 cm³/mol. The van der Waals surface area contributed by atoms with Gasteiger partial charge >= 0.3 is 0 Å². The van der Waals surface area contributed by atoms with Crippen LogP contribution in [0.4, 0.5) is 16.8 Å². The molecule has 2 heterocycles. The first kappa shape index (κ1) is 10.9. The number of rotatable bonds is 2. The molecule has 0 atom stereocenters. The van der Waals surface area contributed by atoms with Crippen LogP contribution in [-0.4, -0.2) is 15.0 Å². The predicted octanol–water partition coefficient (Wildman–Crippen LogP) is 2.72. The summed E-state index contributed by atoms with van der Waals surface area (Å²) in [6.07, 6.45) is 0. The summed E-state index contributed by atoms with van der Waals surface area (Å²) in [6, 6.07) is 7.62. The lowest BCUT2D eigenvalue weighted by Gasteiger charge is -2.06. The minimum atomic E-state index is 0.376. The Morgan fingerprint density at radius 1 is 1.11 bits per heavy atom. The number of thiazole rings is 1. The molecule has 18 heavy (non-hydrogen) atoms. The van der Waals surface area contributed by atoms with Crippen LogP contribution in [0.15, 0.2) is 29.6 Å². The second-order valence-corrected chi connectivity index (χ2v) is 4.72. The highest BCUT2D eigenvalue weighted by atomic mass is 32.1. The molecule has 0 spiro atoms. The molecule has 90 valence electrons. The molecule has 0 aliphatic heterocycles. The van der Waals surface area contributed by atoms with Crippen LogP contribution in [0.25, 0.3) is 11.0 Å². The second-order valence-electron chi connectivity index (χ2n) is 3.87. The molecule has 0 aliphatic carbocycles. The minimum Gasteiger partial charge on any atom is -0.381 e. The van der Waals surface area contributed by atoms with Crippen LogP contribution < -0.4 is 11.1 Å². The van der Waals surface area contributed by atoms with E-state index in [-0.39, 0.29) is 0 Å². The van der Waals surface area contributed by atoms with Crippen LogP contribution in [0.1, 0.15) is 5.69 Å². The Morgan fingerprint density at radius 3 is 2.50 bits per heavy atom. The number of nitrogens with one attached hydrogen (secondary N) is 1. The first-order valence-corrected chi connectivity index (χ1v) is 6.32. The highest BCUT2D eigenvalue weighted by molar-refractivity contribution is 7.13. The molecule has 2 aromatic heterocycles. The summed E-state index contributed by atoms with van der Waals surface area (Å²) in [4.78, 5) is 13.1. The summed E-state index contributed by atoms with van der Waals surface area (Å²) in [5.74, 6) is 0.921. The van der Waals surface area contributed by atoms with E-state index in [2.05, 4.69) is 20.3 Å². The number of hydrogen-bond donors (Lipinski definition) is 2. The lowest BCUT2D eigenvalue weighted by atomic mass is 10.3. The number of fused-ring (bicyclic) bond motifs is 1. The molecule has 0 fully saturated rings. The van der Waals surface area contributed by atoms with Crippen molar-refractivity contribution in [2.45, 2.75) is 6.92 Å². The van der Waals surface area contributed by atoms with Gasteiger partial charge in [-0.1, -0.05) is 12.1 Å². The van der Waals surface area contributed by atoms with Crippen molar-refractivity contribution in [1.29, 1.82) is 0 Å². The van der Waals surface area contributed by atoms with Crippen LogP contribution in [0.2, 0.25) is 0 Å². The number of para-hydroxylation sites is 2. The number of nitrogens with two attached hydrogens (primary N) is 1. The number of aromatic nitrogens is 3. The third-order valence-corrected chi connectivity index (χ3v) is 3.32. The molecule has 6 heteroatoms. The monoisotopic (exact) mass is 257 g/mol. The maximum atomic E-state index is 5.88. The number of benzene rings is 1. The van der Waals surface area contributed by atoms with Gasteiger partial charge in [-0.2, -0.15) is 0 Å². The number of nitrogen functional groups attached to an aromatic ring is 1. The van der Waals surface area contributed by atoms with Crippen molar-refractivity contribution in [3.05, 3.63) is 35.3 Å². The van der Waals surface area contributed by atoms with E-state index in [1.165, 1.54) is 11.3 Å². The summed E-state index contributed by atoms with van der Waals surface area (Å²) >= 11 is 1.51. The van der Waals surface area contributed by atoms with Gasteiger partial charge in [-0.15, -0.1) is 11.3 Å². The molecule has 0 bridgehead atoms. The van der Waals surface area contributed by atoms with Crippen molar-refractivity contribution in [1.82, 2.24) is 15.0 Å². The highest BCUT2D eigenvalue weighted by Crippen LogP contribution is 2.24. The van der Waals surface area contributed by atoms with Gasteiger partial charge in [0, 0.05) is 5.38 Å². The topological polar surface area (TPSA) is 76.7 Å². The van der Waals surface area contributed by atoms with Gasteiger partial charge in [-0.25, -0.2) is 15.0 Å². The first-order valence-electron chi connectivity index (χ1n) is 5.44. The molecule has 0 radical (unpaired) electrons. The molecule has 0 saturated carbocycles. The van der Waals surface area contributed by atoms with Gasteiger partial charge in [0.1, 0.15) is 0 Å². The van der Waals surface area contributed by atoms with Crippen LogP contribution in [-0.2, 0) is 0 Å². The van der Waals surface area contributed by atoms with E-state index < -0.39 is 0 Å². The molecule has 0 saturated heterocycles. The Hall–Kier alpha value is -2.21. The fraction of sp³-hybridized carbons (Fsp3) is 0.0833. The smallest absolute Gasteiger partial charge is 0.188 e. The molecule has 3 rings (SSSR count). The van der Waals surface area contributed by atoms with Crippen molar-refractivity contribution >= 4 is 39.1 Å². The van der Waals surface area contributed by atoms with E-state index in [9.17, 15) is 0 Å². The molecule has 3 N–H and O–H groups in total. The van der Waals surface area contributed by atoms with Crippen molar-refractivity contribution in [3.8, 4) is 0 Å². The van der Waals surface area contributed by atoms with Gasteiger partial charge in [-0.05, 0) is 19.1 Å². The summed E-state index contributed by atoms with van der Waals surface area (Å²) in [5, 5.41) is 5.83. The van der Waals surface area contributed by atoms with E-state index in [1.807, 2.05) is 36.6 Å². The van der Waals surface area contributed by atoms with Gasteiger partial charge in [0.15, 0.2) is 16.8 Å². The van der Waals surface area contributed by atoms with E-state index in [0.29, 0.717) is 11.6 Å². The quantitative estimate of drug-likeness (QED) is 0.738. The van der Waals surface area contributed by atoms with E-state index >= 15 is 0 Å². The third kappa shape index (κ3) is 1.98. The summed E-state index contributed by atoms with van der Waals surface area (Å²) in [5.41, 5.74) is 8.45. The third-order valence-electron chi connectivity index (χ3n) is 2.44. The first-order chi connectivity index (χ1) is 8.72. The lowest BCUT2D eigenvalue weighted by molar-refractivity contribution is 1.23. The average molecular weight is 257 g/mol. The largest absolute Gasteiger partial charge is 0.381 e. The van der Waals surface area contributed by atoms with Crippen LogP contribution >= 0.6 is 11.3 Å². The zero-order chi connectivity index (χ0) is 12.5. The molecular weight excluding hydrogens is 246 g/mol. The zero-order valence-electron chi connectivity index (χ0n) is 9.71. The normalized spacial score (nSPS) is 10.7. The molecule has 1 aromatic carbocycles. The molecule has 0 amide bonds. The molecule has 3 aromatic rings. The van der Waals surface area contributed by atoms with E-state index in [1.54, 1.807) is 0 Å². The highest BCUT2D eigenvalue weighted by Gasteiger charge is 2.07. The van der Waals surface area contributed by atoms with E-state index in [4.69, 9.17) is 5.73 Å². The van der Waals surface area contributed by atoms with Crippen LogP contribution in [0.5, 0.6) is 0 Å². The number of hydrogen-bond acceptors (Lipinski definition) is 6. The van der Waals surface area contributed by atoms with Crippen molar-refractivity contribution in [2.24, 2.45) is 0 Å². The maximum Gasteiger partial charge on any atom is 0.188 e. The van der Waals surface area contributed by atoms with E-state index in [0.717, 1.165) is 21.9 Å². The van der Waals surface area contributed by atoms with Gasteiger partial charge in [0.2, 0.25) is 0 Å². The Morgan fingerprint density at radius 2 is 1.83 bits per heavy atom. The van der Waals surface area contributed by atoms with Crippen LogP contribution in [0, 0.1) is 6.92 Å². The Bertz CT molecular complexity index is 707. The summed E-state index contributed by atoms with van der Waals surface area (Å²) < 4.78 is 0. The Balaban J connectivity index is 2.03. The fourth-order valence-corrected chi connectivity index (χ4v) is 2.31. The minimum absolute atomic E-state index is 0.376. The van der Waals surface area contributed by atoms with Gasteiger partial charge in [0.05, 0.1) is 16.7 Å². The van der Waals surface area contributed by atoms with Gasteiger partial charge in [0.25, 0.3) is 0 Å². The van der Waals surface area contributed by atoms with Crippen molar-refractivity contribution in [2.75, 3.05) is 11.1 Å². The molecule has 5 nitrogen and oxygen atoms in total. The fourth-order valence-electron chi connectivity index (χ4n) is 1.62. The van der Waals surface area contributed by atoms with Gasteiger partial charge in [-0.3, -0.25) is 0 Å². The molecule has 0 unspecified atom stereocenters. The second kappa shape index (κ2) is 4.23. The Kier molecular flexibility index (Phi) is 2.56. The molecule has 0 aliphatic rings. The van der Waals surface area contributed by atoms with Crippen molar-refractivity contribution < 1.29 is 0 Å². The SMILES string of the molecule is Cc1csc(Nc2nc3ccccc3nc2N)n1. The average Bonchev–Trinajstić information content (AvgIpc) is 2.76. The zero-order valence-corrected chi connectivity index (χ0v) is 10.5. The number of anilines is 3. The number of aryl methyl sites for hydroxylation is 1. The maximum absolute atomic E-state index is 5.88. The lowest BCUT2D eigenvalue weighted by Crippen LogP contribution is -2.02. The Labute approximate surface area is 108 Å². The van der Waals surface area contributed by atoms with Gasteiger partial charge < -0.3 is 11.1 Å².